The van der Waals surface area contributed by atoms with Crippen molar-refractivity contribution in [2.45, 2.75) is 18.5 Å². The lowest BCUT2D eigenvalue weighted by molar-refractivity contribution is -0.138. The fraction of sp³-hybridized carbons (Fsp3) is 0.111. The summed E-state index contributed by atoms with van der Waals surface area (Å²) in [5.74, 6) is -0.421. The first-order valence-electron chi connectivity index (χ1n) is 10.5. The SMILES string of the molecule is Oc1c(-c2ccc(C(F)(F)F)cc2)cc(-c2ccc(C(F)(F)F)cc2)cc1-c1ccc(C(F)(F)F)cc1. The van der Waals surface area contributed by atoms with E-state index in [9.17, 15) is 44.6 Å². The quantitative estimate of drug-likeness (QED) is 0.264. The van der Waals surface area contributed by atoms with Crippen LogP contribution in [0.4, 0.5) is 39.5 Å². The van der Waals surface area contributed by atoms with Gasteiger partial charge in [-0.3, -0.25) is 0 Å². The Morgan fingerprint density at radius 3 is 0.919 bits per heavy atom. The smallest absolute Gasteiger partial charge is 0.416 e. The van der Waals surface area contributed by atoms with Crippen LogP contribution in [0.2, 0.25) is 0 Å². The molecule has 4 aromatic rings. The van der Waals surface area contributed by atoms with E-state index in [1.165, 1.54) is 24.3 Å². The maximum atomic E-state index is 13.0. The van der Waals surface area contributed by atoms with Gasteiger partial charge in [-0.1, -0.05) is 36.4 Å². The summed E-state index contributed by atoms with van der Waals surface area (Å²) in [6.07, 6.45) is -13.8. The van der Waals surface area contributed by atoms with Gasteiger partial charge in [-0.05, 0) is 70.8 Å². The average molecular weight is 526 g/mol. The van der Waals surface area contributed by atoms with Crippen LogP contribution in [0.1, 0.15) is 16.7 Å². The van der Waals surface area contributed by atoms with Gasteiger partial charge in [0, 0.05) is 11.1 Å². The Morgan fingerprint density at radius 2 is 0.649 bits per heavy atom. The van der Waals surface area contributed by atoms with Crippen LogP contribution in [-0.2, 0) is 18.5 Å². The highest BCUT2D eigenvalue weighted by atomic mass is 19.4. The molecule has 0 aliphatic heterocycles. The zero-order chi connectivity index (χ0) is 27.2. The Labute approximate surface area is 204 Å². The number of aromatic hydroxyl groups is 1. The van der Waals surface area contributed by atoms with E-state index >= 15 is 0 Å². The van der Waals surface area contributed by atoms with Gasteiger partial charge < -0.3 is 5.11 Å². The van der Waals surface area contributed by atoms with Crippen molar-refractivity contribution in [3.63, 3.8) is 0 Å². The lowest BCUT2D eigenvalue weighted by atomic mass is 9.91. The molecule has 0 heterocycles. The molecule has 0 unspecified atom stereocenters. The Balaban J connectivity index is 1.88. The highest BCUT2D eigenvalue weighted by Crippen LogP contribution is 2.43. The molecule has 10 heteroatoms. The van der Waals surface area contributed by atoms with Crippen LogP contribution in [0.15, 0.2) is 84.9 Å². The van der Waals surface area contributed by atoms with Crippen molar-refractivity contribution in [2.75, 3.05) is 0 Å². The van der Waals surface area contributed by atoms with Crippen LogP contribution in [0.25, 0.3) is 33.4 Å². The number of benzene rings is 4. The molecule has 37 heavy (non-hydrogen) atoms. The van der Waals surface area contributed by atoms with E-state index in [-0.39, 0.29) is 33.4 Å². The molecule has 0 fully saturated rings. The molecular weight excluding hydrogens is 511 g/mol. The van der Waals surface area contributed by atoms with Gasteiger partial charge in [-0.15, -0.1) is 0 Å². The molecule has 0 bridgehead atoms. The third-order valence-corrected chi connectivity index (χ3v) is 5.70. The molecule has 1 N–H and O–H groups in total. The predicted octanol–water partition coefficient (Wildman–Crippen LogP) is 9.45. The molecule has 0 saturated carbocycles. The van der Waals surface area contributed by atoms with Gasteiger partial charge in [-0.25, -0.2) is 0 Å². The van der Waals surface area contributed by atoms with Crippen molar-refractivity contribution in [1.82, 2.24) is 0 Å². The summed E-state index contributed by atoms with van der Waals surface area (Å²) in [6, 6.07) is 14.5. The minimum absolute atomic E-state index is 0.0426. The second kappa shape index (κ2) is 9.17. The molecule has 192 valence electrons. The van der Waals surface area contributed by atoms with E-state index in [0.29, 0.717) is 0 Å². The molecular formula is C27H15F9O. The van der Waals surface area contributed by atoms with Crippen molar-refractivity contribution in [3.05, 3.63) is 102 Å². The lowest BCUT2D eigenvalue weighted by Crippen LogP contribution is -2.04. The van der Waals surface area contributed by atoms with Crippen molar-refractivity contribution in [3.8, 4) is 39.1 Å². The maximum absolute atomic E-state index is 13.0. The number of alkyl halides is 9. The van der Waals surface area contributed by atoms with Crippen LogP contribution in [0.3, 0.4) is 0 Å². The maximum Gasteiger partial charge on any atom is 0.416 e. The van der Waals surface area contributed by atoms with E-state index in [4.69, 9.17) is 0 Å². The Morgan fingerprint density at radius 1 is 0.378 bits per heavy atom. The van der Waals surface area contributed by atoms with E-state index in [0.717, 1.165) is 60.7 Å². The van der Waals surface area contributed by atoms with E-state index in [1.807, 2.05) is 0 Å². The zero-order valence-electron chi connectivity index (χ0n) is 18.4. The normalized spacial score (nSPS) is 12.6. The summed E-state index contributed by atoms with van der Waals surface area (Å²) in [5.41, 5.74) is -1.79. The number of rotatable bonds is 3. The zero-order valence-corrected chi connectivity index (χ0v) is 18.4. The van der Waals surface area contributed by atoms with Crippen LogP contribution >= 0.6 is 0 Å². The van der Waals surface area contributed by atoms with Crippen molar-refractivity contribution in [1.29, 1.82) is 0 Å². The largest absolute Gasteiger partial charge is 0.507 e. The number of halogens is 9. The van der Waals surface area contributed by atoms with Crippen molar-refractivity contribution >= 4 is 0 Å². The second-order valence-electron chi connectivity index (χ2n) is 8.15. The van der Waals surface area contributed by atoms with E-state index in [1.54, 1.807) is 0 Å². The number of phenolic OH excluding ortho intramolecular Hbond substituents is 1. The van der Waals surface area contributed by atoms with Crippen LogP contribution in [0.5, 0.6) is 5.75 Å². The number of hydrogen-bond acceptors (Lipinski definition) is 1. The summed E-state index contributed by atoms with van der Waals surface area (Å²) < 4.78 is 117. The van der Waals surface area contributed by atoms with E-state index < -0.39 is 41.0 Å². The van der Waals surface area contributed by atoms with Gasteiger partial charge in [0.25, 0.3) is 0 Å². The molecule has 1 nitrogen and oxygen atoms in total. The fourth-order valence-electron chi connectivity index (χ4n) is 3.77. The molecule has 4 aromatic carbocycles. The van der Waals surface area contributed by atoms with E-state index in [2.05, 4.69) is 0 Å². The van der Waals surface area contributed by atoms with Crippen LogP contribution in [0, 0.1) is 0 Å². The standard InChI is InChI=1S/C27H15F9O/c28-25(29,30)19-7-1-15(2-8-19)18-13-22(16-3-9-20(10-4-16)26(31,32)33)24(37)23(14-18)17-5-11-21(12-6-17)27(34,35)36/h1-14,37H. The summed E-state index contributed by atoms with van der Waals surface area (Å²) >= 11 is 0. The minimum atomic E-state index is -4.60. The first-order valence-corrected chi connectivity index (χ1v) is 10.5. The molecule has 0 saturated heterocycles. The Hall–Kier alpha value is -3.95. The molecule has 0 aliphatic rings. The topological polar surface area (TPSA) is 20.2 Å². The third kappa shape index (κ3) is 5.58. The first-order chi connectivity index (χ1) is 17.1. The van der Waals surface area contributed by atoms with Gasteiger partial charge >= 0.3 is 18.5 Å². The van der Waals surface area contributed by atoms with Gasteiger partial charge in [-0.2, -0.15) is 39.5 Å². The van der Waals surface area contributed by atoms with Gasteiger partial charge in [0.05, 0.1) is 16.7 Å². The lowest BCUT2D eigenvalue weighted by Gasteiger charge is -2.16. The molecule has 0 radical (unpaired) electrons. The predicted molar refractivity (Wildman–Crippen MR) is 119 cm³/mol. The second-order valence-corrected chi connectivity index (χ2v) is 8.15. The minimum Gasteiger partial charge on any atom is -0.507 e. The third-order valence-electron chi connectivity index (χ3n) is 5.70. The van der Waals surface area contributed by atoms with Crippen molar-refractivity contribution in [2.24, 2.45) is 0 Å². The Bertz CT molecular complexity index is 1320. The summed E-state index contributed by atoms with van der Waals surface area (Å²) in [4.78, 5) is 0. The van der Waals surface area contributed by atoms with Crippen molar-refractivity contribution < 1.29 is 44.6 Å². The van der Waals surface area contributed by atoms with Gasteiger partial charge in [0.1, 0.15) is 5.75 Å². The van der Waals surface area contributed by atoms with Gasteiger partial charge in [0.15, 0.2) is 0 Å². The monoisotopic (exact) mass is 526 g/mol. The van der Waals surface area contributed by atoms with Crippen LogP contribution < -0.4 is 0 Å². The average Bonchev–Trinajstić information content (AvgIpc) is 2.83. The summed E-state index contributed by atoms with van der Waals surface area (Å²) in [5, 5.41) is 11.0. The summed E-state index contributed by atoms with van der Waals surface area (Å²) in [6.45, 7) is 0. The highest BCUT2D eigenvalue weighted by Gasteiger charge is 2.32. The Kier molecular flexibility index (Phi) is 6.47. The van der Waals surface area contributed by atoms with Gasteiger partial charge in [0.2, 0.25) is 0 Å². The molecule has 4 rings (SSSR count). The molecule has 0 atom stereocenters. The molecule has 0 aromatic heterocycles. The number of hydrogen-bond donors (Lipinski definition) is 1. The fourth-order valence-corrected chi connectivity index (χ4v) is 3.77. The first kappa shape index (κ1) is 26.1. The molecule has 0 aliphatic carbocycles. The summed E-state index contributed by atoms with van der Waals surface area (Å²) in [7, 11) is 0. The molecule has 0 spiro atoms. The van der Waals surface area contributed by atoms with Crippen LogP contribution in [-0.4, -0.2) is 5.11 Å². The molecule has 0 amide bonds. The number of phenols is 1. The highest BCUT2D eigenvalue weighted by molar-refractivity contribution is 5.87.